The summed E-state index contributed by atoms with van der Waals surface area (Å²) in [6.07, 6.45) is 3.45. The maximum absolute atomic E-state index is 9.39. The molecule has 0 amide bonds. The number of hydrogen-bond donors (Lipinski definition) is 2. The Balaban J connectivity index is 1.46. The lowest BCUT2D eigenvalue weighted by atomic mass is 10.2. The molecule has 0 saturated carbocycles. The number of furan rings is 1. The highest BCUT2D eigenvalue weighted by molar-refractivity contribution is 5.91. The first-order valence-corrected chi connectivity index (χ1v) is 10.8. The highest BCUT2D eigenvalue weighted by atomic mass is 16.5. The summed E-state index contributed by atoms with van der Waals surface area (Å²) in [5, 5.41) is 18.2. The molecule has 1 unspecified atom stereocenters. The number of ether oxygens (including phenoxy) is 2. The number of aliphatic hydroxyl groups is 1. The zero-order chi connectivity index (χ0) is 21.9. The van der Waals surface area contributed by atoms with Crippen molar-refractivity contribution in [3.05, 3.63) is 36.7 Å². The fourth-order valence-corrected chi connectivity index (χ4v) is 3.88. The van der Waals surface area contributed by atoms with Gasteiger partial charge in [0.05, 0.1) is 37.4 Å². The largest absolute Gasteiger partial charge is 0.475 e. The van der Waals surface area contributed by atoms with Crippen LogP contribution in [0.2, 0.25) is 0 Å². The van der Waals surface area contributed by atoms with Crippen molar-refractivity contribution in [3.8, 4) is 17.3 Å². The van der Waals surface area contributed by atoms with Crippen LogP contribution in [0.1, 0.15) is 6.92 Å². The zero-order valence-corrected chi connectivity index (χ0v) is 17.9. The predicted molar refractivity (Wildman–Crippen MR) is 119 cm³/mol. The molecular formula is C22H26N6O4. The third-order valence-corrected chi connectivity index (χ3v) is 5.50. The average Bonchev–Trinajstić information content (AvgIpc) is 3.45. The number of rotatable bonds is 8. The molecule has 1 aliphatic rings. The molecular weight excluding hydrogens is 412 g/mol. The second-order valence-electron chi connectivity index (χ2n) is 7.58. The van der Waals surface area contributed by atoms with Crippen molar-refractivity contribution in [2.75, 3.05) is 51.0 Å². The molecule has 10 nitrogen and oxygen atoms in total. The summed E-state index contributed by atoms with van der Waals surface area (Å²) in [5.41, 5.74) is 2.13. The smallest absolute Gasteiger partial charge is 0.231 e. The van der Waals surface area contributed by atoms with Crippen molar-refractivity contribution in [2.45, 2.75) is 13.0 Å². The van der Waals surface area contributed by atoms with E-state index in [0.29, 0.717) is 42.6 Å². The lowest BCUT2D eigenvalue weighted by Crippen LogP contribution is -2.44. The van der Waals surface area contributed by atoms with Crippen LogP contribution in [-0.2, 0) is 4.74 Å². The van der Waals surface area contributed by atoms with E-state index in [0.717, 1.165) is 36.6 Å². The summed E-state index contributed by atoms with van der Waals surface area (Å²) in [7, 11) is 0. The van der Waals surface area contributed by atoms with E-state index < -0.39 is 0 Å². The van der Waals surface area contributed by atoms with Gasteiger partial charge in [-0.15, -0.1) is 5.10 Å². The lowest BCUT2D eigenvalue weighted by Gasteiger charge is -2.23. The molecule has 4 aromatic rings. The van der Waals surface area contributed by atoms with Gasteiger partial charge in [-0.2, -0.15) is 0 Å². The van der Waals surface area contributed by atoms with Gasteiger partial charge in [0.25, 0.3) is 0 Å². The monoisotopic (exact) mass is 438 g/mol. The quantitative estimate of drug-likeness (QED) is 0.425. The molecule has 5 heterocycles. The van der Waals surface area contributed by atoms with Crippen LogP contribution in [-0.4, -0.2) is 76.8 Å². The third-order valence-electron chi connectivity index (χ3n) is 5.50. The Hall–Kier alpha value is -3.21. The number of hydrogen-bond acceptors (Lipinski definition) is 9. The Morgan fingerprint density at radius 2 is 2.25 bits per heavy atom. The number of nitrogens with one attached hydrogen (secondary N) is 1. The van der Waals surface area contributed by atoms with E-state index in [2.05, 4.69) is 20.4 Å². The van der Waals surface area contributed by atoms with Crippen LogP contribution in [0.3, 0.4) is 0 Å². The first-order valence-electron chi connectivity index (χ1n) is 10.8. The van der Waals surface area contributed by atoms with Gasteiger partial charge >= 0.3 is 0 Å². The first-order chi connectivity index (χ1) is 15.8. The molecule has 1 atom stereocenters. The average molecular weight is 438 g/mol. The molecule has 0 bridgehead atoms. The molecule has 0 aliphatic carbocycles. The molecule has 32 heavy (non-hydrogen) atoms. The second-order valence-corrected chi connectivity index (χ2v) is 7.58. The maximum Gasteiger partial charge on any atom is 0.231 e. The number of aromatic nitrogens is 4. The first kappa shape index (κ1) is 20.7. The molecule has 2 N–H and O–H groups in total. The summed E-state index contributed by atoms with van der Waals surface area (Å²) in [5.74, 6) is 1.92. The Kier molecular flexibility index (Phi) is 5.89. The summed E-state index contributed by atoms with van der Waals surface area (Å²) in [6.45, 7) is 5.96. The Labute approximate surface area is 184 Å². The van der Waals surface area contributed by atoms with Crippen LogP contribution in [0.15, 0.2) is 41.1 Å². The van der Waals surface area contributed by atoms with Gasteiger partial charge in [-0.05, 0) is 25.1 Å². The standard InChI is InChI=1S/C22H26N6O4/c1-2-27(8-9-29)22-16-11-19(32-18(16)5-6-24-22)17-12-25-20-3-4-21(26-28(17)20)31-14-15-13-30-10-7-23-15/h3-6,11-12,15,23,29H,2,7-10,13-14H2,1H3. The zero-order valence-electron chi connectivity index (χ0n) is 17.9. The molecule has 0 spiro atoms. The van der Waals surface area contributed by atoms with E-state index in [1.807, 2.05) is 36.1 Å². The third kappa shape index (κ3) is 3.99. The van der Waals surface area contributed by atoms with Crippen LogP contribution in [0.4, 0.5) is 5.82 Å². The maximum atomic E-state index is 9.39. The summed E-state index contributed by atoms with van der Waals surface area (Å²) >= 11 is 0. The SMILES string of the molecule is CCN(CCO)c1nccc2oc(-c3cnc4ccc(OCC5COCCN5)nn34)cc12. The van der Waals surface area contributed by atoms with Crippen molar-refractivity contribution in [3.63, 3.8) is 0 Å². The Morgan fingerprint density at radius 3 is 3.06 bits per heavy atom. The van der Waals surface area contributed by atoms with Crippen LogP contribution in [0.25, 0.3) is 28.1 Å². The van der Waals surface area contributed by atoms with E-state index in [-0.39, 0.29) is 12.6 Å². The van der Waals surface area contributed by atoms with Crippen molar-refractivity contribution in [1.82, 2.24) is 24.9 Å². The number of imidazole rings is 1. The normalized spacial score (nSPS) is 16.6. The van der Waals surface area contributed by atoms with Crippen LogP contribution < -0.4 is 15.0 Å². The van der Waals surface area contributed by atoms with Gasteiger partial charge in [-0.1, -0.05) is 0 Å². The molecule has 168 valence electrons. The lowest BCUT2D eigenvalue weighted by molar-refractivity contribution is 0.0583. The topological polar surface area (TPSA) is 110 Å². The molecule has 0 aromatic carbocycles. The van der Waals surface area contributed by atoms with Gasteiger partial charge in [0.1, 0.15) is 23.7 Å². The van der Waals surface area contributed by atoms with Gasteiger partial charge in [-0.25, -0.2) is 14.5 Å². The Bertz CT molecular complexity index is 1200. The summed E-state index contributed by atoms with van der Waals surface area (Å²) in [6, 6.07) is 7.60. The molecule has 1 saturated heterocycles. The van der Waals surface area contributed by atoms with Gasteiger partial charge in [0.2, 0.25) is 5.88 Å². The number of morpholine rings is 1. The summed E-state index contributed by atoms with van der Waals surface area (Å²) < 4.78 is 19.2. The molecule has 1 aliphatic heterocycles. The number of fused-ring (bicyclic) bond motifs is 2. The summed E-state index contributed by atoms with van der Waals surface area (Å²) in [4.78, 5) is 11.0. The van der Waals surface area contributed by atoms with Gasteiger partial charge < -0.3 is 29.2 Å². The molecule has 5 rings (SSSR count). The Morgan fingerprint density at radius 1 is 1.31 bits per heavy atom. The van der Waals surface area contributed by atoms with E-state index in [9.17, 15) is 5.11 Å². The van der Waals surface area contributed by atoms with Crippen molar-refractivity contribution < 1.29 is 19.0 Å². The number of pyridine rings is 1. The van der Waals surface area contributed by atoms with Crippen LogP contribution in [0, 0.1) is 0 Å². The molecule has 10 heteroatoms. The number of likely N-dealkylation sites (N-methyl/N-ethyl adjacent to an activating group) is 1. The van der Waals surface area contributed by atoms with Crippen LogP contribution in [0.5, 0.6) is 5.88 Å². The minimum Gasteiger partial charge on any atom is -0.475 e. The predicted octanol–water partition coefficient (Wildman–Crippen LogP) is 1.72. The van der Waals surface area contributed by atoms with E-state index in [1.54, 1.807) is 16.9 Å². The second kappa shape index (κ2) is 9.11. The molecule has 4 aromatic heterocycles. The highest BCUT2D eigenvalue weighted by Crippen LogP contribution is 2.33. The molecule has 1 fully saturated rings. The van der Waals surface area contributed by atoms with E-state index in [4.69, 9.17) is 13.9 Å². The van der Waals surface area contributed by atoms with Crippen molar-refractivity contribution >= 4 is 22.4 Å². The number of aliphatic hydroxyl groups excluding tert-OH is 1. The van der Waals surface area contributed by atoms with Gasteiger partial charge in [-0.3, -0.25) is 0 Å². The van der Waals surface area contributed by atoms with Crippen LogP contribution >= 0.6 is 0 Å². The van der Waals surface area contributed by atoms with Crippen molar-refractivity contribution in [1.29, 1.82) is 0 Å². The minimum atomic E-state index is 0.0546. The van der Waals surface area contributed by atoms with Crippen molar-refractivity contribution in [2.24, 2.45) is 0 Å². The van der Waals surface area contributed by atoms with E-state index in [1.165, 1.54) is 0 Å². The molecule has 0 radical (unpaired) electrons. The van der Waals surface area contributed by atoms with Gasteiger partial charge in [0, 0.05) is 31.9 Å². The fourth-order valence-electron chi connectivity index (χ4n) is 3.88. The van der Waals surface area contributed by atoms with E-state index >= 15 is 0 Å². The van der Waals surface area contributed by atoms with Gasteiger partial charge in [0.15, 0.2) is 11.4 Å². The fraction of sp³-hybridized carbons (Fsp3) is 0.409. The highest BCUT2D eigenvalue weighted by Gasteiger charge is 2.18. The number of nitrogens with zero attached hydrogens (tertiary/aromatic N) is 5. The minimum absolute atomic E-state index is 0.0546. The number of anilines is 1.